The van der Waals surface area contributed by atoms with Crippen molar-refractivity contribution in [1.29, 1.82) is 0 Å². The summed E-state index contributed by atoms with van der Waals surface area (Å²) in [6.07, 6.45) is 0. The number of carbonyl (C=O) groups excluding carboxylic acids is 2. The van der Waals surface area contributed by atoms with E-state index in [1.54, 1.807) is 97.1 Å². The third-order valence-electron chi connectivity index (χ3n) is 7.48. The molecule has 0 aromatic heterocycles. The standard InChI is InChI=1S/C38H30N4O6S2/c43-37(29-9-7-11-33(25-29)41-49(45,46)35-13-3-1-4-14-35)39-31-21-17-27(18-22-31)28-19-23-32(24-20-28)40-38(44)30-10-8-12-34(26-30)42-50(47,48)36-15-5-2-6-16-36/h1-26,41-42H,(H,39,43)(H,40,44). The van der Waals surface area contributed by atoms with Gasteiger partial charge in [-0.2, -0.15) is 0 Å². The van der Waals surface area contributed by atoms with E-state index in [1.165, 1.54) is 36.4 Å². The maximum Gasteiger partial charge on any atom is 0.261 e. The third kappa shape index (κ3) is 8.24. The molecular formula is C38H30N4O6S2. The molecule has 0 fully saturated rings. The van der Waals surface area contributed by atoms with Crippen molar-refractivity contribution in [3.05, 3.63) is 169 Å². The number of nitrogens with one attached hydrogen (secondary N) is 4. The van der Waals surface area contributed by atoms with Gasteiger partial charge in [-0.25, -0.2) is 16.8 Å². The summed E-state index contributed by atoms with van der Waals surface area (Å²) >= 11 is 0. The molecule has 0 unspecified atom stereocenters. The highest BCUT2D eigenvalue weighted by Crippen LogP contribution is 2.25. The summed E-state index contributed by atoms with van der Waals surface area (Å²) in [5.74, 6) is -0.810. The highest BCUT2D eigenvalue weighted by atomic mass is 32.2. The van der Waals surface area contributed by atoms with Gasteiger partial charge in [0.25, 0.3) is 31.9 Å². The minimum Gasteiger partial charge on any atom is -0.322 e. The monoisotopic (exact) mass is 702 g/mol. The number of amides is 2. The molecule has 0 aliphatic heterocycles. The van der Waals surface area contributed by atoms with Gasteiger partial charge in [0.1, 0.15) is 0 Å². The topological polar surface area (TPSA) is 151 Å². The van der Waals surface area contributed by atoms with E-state index in [0.717, 1.165) is 11.1 Å². The molecule has 0 spiro atoms. The molecule has 6 aromatic carbocycles. The lowest BCUT2D eigenvalue weighted by Crippen LogP contribution is -2.15. The van der Waals surface area contributed by atoms with Crippen molar-refractivity contribution in [3.8, 4) is 11.1 Å². The van der Waals surface area contributed by atoms with Gasteiger partial charge >= 0.3 is 0 Å². The van der Waals surface area contributed by atoms with Gasteiger partial charge in [0.05, 0.1) is 9.79 Å². The molecule has 250 valence electrons. The number of anilines is 4. The number of rotatable bonds is 11. The fraction of sp³-hybridized carbons (Fsp3) is 0. The van der Waals surface area contributed by atoms with Crippen molar-refractivity contribution in [2.45, 2.75) is 9.79 Å². The molecule has 0 aliphatic carbocycles. The van der Waals surface area contributed by atoms with Crippen LogP contribution in [0.5, 0.6) is 0 Å². The molecule has 4 N–H and O–H groups in total. The van der Waals surface area contributed by atoms with E-state index < -0.39 is 31.9 Å². The van der Waals surface area contributed by atoms with Crippen LogP contribution in [0.25, 0.3) is 11.1 Å². The van der Waals surface area contributed by atoms with Crippen molar-refractivity contribution in [2.24, 2.45) is 0 Å². The Labute approximate surface area is 289 Å². The molecule has 12 heteroatoms. The minimum absolute atomic E-state index is 0.115. The molecule has 50 heavy (non-hydrogen) atoms. The highest BCUT2D eigenvalue weighted by molar-refractivity contribution is 7.93. The maximum atomic E-state index is 13.0. The van der Waals surface area contributed by atoms with Gasteiger partial charge in [0, 0.05) is 33.9 Å². The maximum absolute atomic E-state index is 13.0. The second-order valence-corrected chi connectivity index (χ2v) is 14.4. The van der Waals surface area contributed by atoms with Crippen LogP contribution in [0.1, 0.15) is 20.7 Å². The minimum atomic E-state index is -3.81. The Kier molecular flexibility index (Phi) is 9.75. The quantitative estimate of drug-likeness (QED) is 0.110. The summed E-state index contributed by atoms with van der Waals surface area (Å²) in [7, 11) is -7.61. The normalized spacial score (nSPS) is 11.3. The van der Waals surface area contributed by atoms with Crippen LogP contribution >= 0.6 is 0 Å². The number of benzene rings is 6. The van der Waals surface area contributed by atoms with E-state index in [0.29, 0.717) is 11.4 Å². The second kappa shape index (κ2) is 14.5. The smallest absolute Gasteiger partial charge is 0.261 e. The van der Waals surface area contributed by atoms with E-state index in [4.69, 9.17) is 0 Å². The van der Waals surface area contributed by atoms with E-state index in [-0.39, 0.29) is 32.3 Å². The second-order valence-electron chi connectivity index (χ2n) is 11.1. The van der Waals surface area contributed by atoms with Crippen LogP contribution in [0.3, 0.4) is 0 Å². The predicted molar refractivity (Wildman–Crippen MR) is 195 cm³/mol. The van der Waals surface area contributed by atoms with Crippen LogP contribution in [0, 0.1) is 0 Å². The molecule has 0 aliphatic rings. The van der Waals surface area contributed by atoms with Crippen molar-refractivity contribution in [3.63, 3.8) is 0 Å². The first kappa shape index (κ1) is 33.7. The van der Waals surface area contributed by atoms with Gasteiger partial charge in [-0.05, 0) is 96.1 Å². The van der Waals surface area contributed by atoms with E-state index in [1.807, 2.05) is 24.3 Å². The molecule has 0 bridgehead atoms. The van der Waals surface area contributed by atoms with Gasteiger partial charge in [-0.3, -0.25) is 19.0 Å². The van der Waals surface area contributed by atoms with Crippen LogP contribution in [0.15, 0.2) is 168 Å². The van der Waals surface area contributed by atoms with Crippen molar-refractivity contribution in [2.75, 3.05) is 20.1 Å². The molecule has 0 radical (unpaired) electrons. The lowest BCUT2D eigenvalue weighted by Gasteiger charge is -2.11. The lowest BCUT2D eigenvalue weighted by molar-refractivity contribution is 0.101. The Bertz CT molecular complexity index is 2200. The average molecular weight is 703 g/mol. The van der Waals surface area contributed by atoms with Gasteiger partial charge < -0.3 is 10.6 Å². The van der Waals surface area contributed by atoms with Crippen LogP contribution < -0.4 is 20.1 Å². The van der Waals surface area contributed by atoms with Crippen molar-refractivity contribution >= 4 is 54.6 Å². The summed E-state index contributed by atoms with van der Waals surface area (Å²) in [6, 6.07) is 42.8. The van der Waals surface area contributed by atoms with E-state index >= 15 is 0 Å². The zero-order valence-corrected chi connectivity index (χ0v) is 27.9. The molecule has 0 heterocycles. The third-order valence-corrected chi connectivity index (χ3v) is 10.3. The Balaban J connectivity index is 1.06. The fourth-order valence-corrected chi connectivity index (χ4v) is 7.11. The fourth-order valence-electron chi connectivity index (χ4n) is 4.97. The molecule has 6 rings (SSSR count). The zero-order valence-electron chi connectivity index (χ0n) is 26.3. The van der Waals surface area contributed by atoms with Gasteiger partial charge in [0.15, 0.2) is 0 Å². The van der Waals surface area contributed by atoms with Crippen molar-refractivity contribution < 1.29 is 26.4 Å². The van der Waals surface area contributed by atoms with Crippen LogP contribution in [0.2, 0.25) is 0 Å². The average Bonchev–Trinajstić information content (AvgIpc) is 3.13. The Morgan fingerprint density at radius 1 is 0.380 bits per heavy atom. The molecule has 2 amide bonds. The van der Waals surface area contributed by atoms with Gasteiger partial charge in [-0.15, -0.1) is 0 Å². The largest absolute Gasteiger partial charge is 0.322 e. The zero-order chi connectivity index (χ0) is 35.1. The first-order valence-electron chi connectivity index (χ1n) is 15.2. The molecule has 6 aromatic rings. The number of hydrogen-bond acceptors (Lipinski definition) is 6. The Hall–Kier alpha value is -6.24. The van der Waals surface area contributed by atoms with Crippen molar-refractivity contribution in [1.82, 2.24) is 0 Å². The molecule has 0 saturated carbocycles. The molecular weight excluding hydrogens is 673 g/mol. The Morgan fingerprint density at radius 3 is 1.10 bits per heavy atom. The highest BCUT2D eigenvalue weighted by Gasteiger charge is 2.16. The summed E-state index contributed by atoms with van der Waals surface area (Å²) in [5.41, 5.74) is 3.92. The summed E-state index contributed by atoms with van der Waals surface area (Å²) in [5, 5.41) is 5.66. The van der Waals surface area contributed by atoms with Crippen LogP contribution in [-0.4, -0.2) is 28.6 Å². The lowest BCUT2D eigenvalue weighted by atomic mass is 10.0. The molecule has 10 nitrogen and oxygen atoms in total. The summed E-state index contributed by atoms with van der Waals surface area (Å²) < 4.78 is 55.7. The van der Waals surface area contributed by atoms with Gasteiger partial charge in [0.2, 0.25) is 0 Å². The summed E-state index contributed by atoms with van der Waals surface area (Å²) in [4.78, 5) is 26.2. The summed E-state index contributed by atoms with van der Waals surface area (Å²) in [6.45, 7) is 0. The SMILES string of the molecule is O=C(Nc1ccc(-c2ccc(NC(=O)c3cccc(NS(=O)(=O)c4ccccc4)c3)cc2)cc1)c1cccc(NS(=O)(=O)c2ccccc2)c1. The van der Waals surface area contributed by atoms with E-state index in [2.05, 4.69) is 20.1 Å². The number of carbonyl (C=O) groups is 2. The van der Waals surface area contributed by atoms with Crippen LogP contribution in [0.4, 0.5) is 22.7 Å². The number of hydrogen-bond donors (Lipinski definition) is 4. The van der Waals surface area contributed by atoms with Crippen LogP contribution in [-0.2, 0) is 20.0 Å². The molecule has 0 saturated heterocycles. The predicted octanol–water partition coefficient (Wildman–Crippen LogP) is 7.46. The number of sulfonamides is 2. The Morgan fingerprint density at radius 2 is 0.740 bits per heavy atom. The van der Waals surface area contributed by atoms with E-state index in [9.17, 15) is 26.4 Å². The molecule has 0 atom stereocenters. The first-order chi connectivity index (χ1) is 24.1. The first-order valence-corrected chi connectivity index (χ1v) is 18.2. The van der Waals surface area contributed by atoms with Gasteiger partial charge in [-0.1, -0.05) is 72.8 Å².